The molecule has 1 nitrogen and oxygen atoms in total. The molecule has 0 radical (unpaired) electrons. The molecule has 2 aromatic carbocycles. The highest BCUT2D eigenvalue weighted by Crippen LogP contribution is 2.40. The first kappa shape index (κ1) is 18.1. The fraction of sp³-hybridized carbons (Fsp3) is 0.174. The topological polar surface area (TPSA) is 12.9 Å². The number of hydrogen-bond acceptors (Lipinski definition) is 3. The van der Waals surface area contributed by atoms with Crippen LogP contribution in [0.4, 0.5) is 4.39 Å². The van der Waals surface area contributed by atoms with E-state index in [9.17, 15) is 4.39 Å². The van der Waals surface area contributed by atoms with Crippen LogP contribution in [0.3, 0.4) is 0 Å². The van der Waals surface area contributed by atoms with Crippen LogP contribution in [0, 0.1) is 12.7 Å². The predicted octanol–water partition coefficient (Wildman–Crippen LogP) is 7.16. The number of halogens is 1. The maximum Gasteiger partial charge on any atom is 0.123 e. The van der Waals surface area contributed by atoms with Gasteiger partial charge in [0.05, 0.1) is 15.6 Å². The van der Waals surface area contributed by atoms with E-state index in [1.54, 1.807) is 22.7 Å². The average molecular weight is 394 g/mol. The van der Waals surface area contributed by atoms with Gasteiger partial charge in [-0.1, -0.05) is 30.3 Å². The van der Waals surface area contributed by atoms with E-state index in [1.165, 1.54) is 33.0 Å². The van der Waals surface area contributed by atoms with E-state index in [1.807, 2.05) is 12.1 Å². The molecule has 0 aliphatic carbocycles. The predicted molar refractivity (Wildman–Crippen MR) is 114 cm³/mol. The molecule has 0 N–H and O–H groups in total. The van der Waals surface area contributed by atoms with Crippen molar-refractivity contribution in [3.63, 3.8) is 0 Å². The number of thiophene rings is 1. The molecule has 0 spiro atoms. The van der Waals surface area contributed by atoms with Crippen molar-refractivity contribution >= 4 is 22.7 Å². The Balaban J connectivity index is 1.60. The van der Waals surface area contributed by atoms with Gasteiger partial charge in [0.15, 0.2) is 0 Å². The van der Waals surface area contributed by atoms with Gasteiger partial charge in [0.25, 0.3) is 0 Å². The van der Waals surface area contributed by atoms with E-state index in [4.69, 9.17) is 4.98 Å². The van der Waals surface area contributed by atoms with Crippen molar-refractivity contribution in [3.05, 3.63) is 88.0 Å². The Hall–Kier alpha value is -2.30. The molecule has 136 valence electrons. The van der Waals surface area contributed by atoms with Gasteiger partial charge in [0, 0.05) is 10.4 Å². The van der Waals surface area contributed by atoms with Gasteiger partial charge >= 0.3 is 0 Å². The highest BCUT2D eigenvalue weighted by Gasteiger charge is 2.16. The van der Waals surface area contributed by atoms with Crippen LogP contribution in [0.2, 0.25) is 0 Å². The lowest BCUT2D eigenvalue weighted by Crippen LogP contribution is -1.89. The first-order valence-electron chi connectivity index (χ1n) is 9.04. The molecule has 0 saturated carbocycles. The lowest BCUT2D eigenvalue weighted by Gasteiger charge is -2.00. The molecule has 27 heavy (non-hydrogen) atoms. The number of aromatic nitrogens is 1. The molecule has 4 rings (SSSR count). The van der Waals surface area contributed by atoms with E-state index < -0.39 is 0 Å². The second kappa shape index (κ2) is 8.15. The maximum absolute atomic E-state index is 13.3. The summed E-state index contributed by atoms with van der Waals surface area (Å²) >= 11 is 3.51. The highest BCUT2D eigenvalue weighted by atomic mass is 32.1. The molecule has 0 saturated heterocycles. The molecule has 0 aliphatic heterocycles. The van der Waals surface area contributed by atoms with Crippen molar-refractivity contribution in [1.29, 1.82) is 0 Å². The van der Waals surface area contributed by atoms with Crippen molar-refractivity contribution in [2.75, 3.05) is 0 Å². The minimum Gasteiger partial charge on any atom is -0.241 e. The SMILES string of the molecule is Cc1csc(-c2sc(CCCc3ccccc3)nc2-c2ccc(F)cc2)c1. The summed E-state index contributed by atoms with van der Waals surface area (Å²) in [6.45, 7) is 2.11. The number of benzene rings is 2. The number of aryl methyl sites for hydroxylation is 3. The summed E-state index contributed by atoms with van der Waals surface area (Å²) in [6, 6.07) is 19.4. The van der Waals surface area contributed by atoms with E-state index in [0.717, 1.165) is 35.5 Å². The maximum atomic E-state index is 13.3. The van der Waals surface area contributed by atoms with E-state index >= 15 is 0 Å². The molecule has 0 aliphatic rings. The summed E-state index contributed by atoms with van der Waals surface area (Å²) in [4.78, 5) is 7.35. The van der Waals surface area contributed by atoms with Gasteiger partial charge in [-0.05, 0) is 73.0 Å². The molecule has 0 bridgehead atoms. The Morgan fingerprint density at radius 2 is 1.74 bits per heavy atom. The molecular formula is C23H20FNS2. The largest absolute Gasteiger partial charge is 0.241 e. The lowest BCUT2D eigenvalue weighted by atomic mass is 10.1. The summed E-state index contributed by atoms with van der Waals surface area (Å²) < 4.78 is 13.3. The van der Waals surface area contributed by atoms with Crippen molar-refractivity contribution < 1.29 is 4.39 Å². The van der Waals surface area contributed by atoms with Crippen LogP contribution in [0.5, 0.6) is 0 Å². The molecule has 2 aromatic heterocycles. The van der Waals surface area contributed by atoms with Crippen molar-refractivity contribution in [2.24, 2.45) is 0 Å². The van der Waals surface area contributed by atoms with Crippen molar-refractivity contribution in [3.8, 4) is 21.0 Å². The monoisotopic (exact) mass is 393 g/mol. The van der Waals surface area contributed by atoms with Gasteiger partial charge < -0.3 is 0 Å². The van der Waals surface area contributed by atoms with Crippen LogP contribution in [-0.2, 0) is 12.8 Å². The van der Waals surface area contributed by atoms with Gasteiger partial charge in [-0.15, -0.1) is 22.7 Å². The van der Waals surface area contributed by atoms with Crippen molar-refractivity contribution in [2.45, 2.75) is 26.2 Å². The standard InChI is InChI=1S/C23H20FNS2/c1-16-14-20(26-15-16)23-22(18-10-12-19(24)13-11-18)25-21(27-23)9-5-8-17-6-3-2-4-7-17/h2-4,6-7,10-15H,5,8-9H2,1H3. The summed E-state index contributed by atoms with van der Waals surface area (Å²) in [5, 5.41) is 3.31. The van der Waals surface area contributed by atoms with Gasteiger partial charge in [-0.2, -0.15) is 0 Å². The molecular weight excluding hydrogens is 373 g/mol. The van der Waals surface area contributed by atoms with E-state index in [2.05, 4.69) is 48.7 Å². The lowest BCUT2D eigenvalue weighted by molar-refractivity contribution is 0.628. The molecule has 0 atom stereocenters. The Morgan fingerprint density at radius 3 is 2.44 bits per heavy atom. The second-order valence-electron chi connectivity index (χ2n) is 6.62. The quantitative estimate of drug-likeness (QED) is 0.339. The zero-order chi connectivity index (χ0) is 18.6. The second-order valence-corrected chi connectivity index (χ2v) is 8.61. The molecule has 4 heteroatoms. The highest BCUT2D eigenvalue weighted by molar-refractivity contribution is 7.21. The minimum absolute atomic E-state index is 0.217. The van der Waals surface area contributed by atoms with Gasteiger partial charge in [-0.25, -0.2) is 9.37 Å². The number of thiazole rings is 1. The van der Waals surface area contributed by atoms with Crippen LogP contribution < -0.4 is 0 Å². The molecule has 4 aromatic rings. The Morgan fingerprint density at radius 1 is 0.963 bits per heavy atom. The minimum atomic E-state index is -0.217. The van der Waals surface area contributed by atoms with E-state index in [0.29, 0.717) is 0 Å². The Kier molecular flexibility index (Phi) is 5.46. The summed E-state index contributed by atoms with van der Waals surface area (Å²) in [5.41, 5.74) is 4.57. The number of hydrogen-bond donors (Lipinski definition) is 0. The first-order valence-corrected chi connectivity index (χ1v) is 10.7. The fourth-order valence-electron chi connectivity index (χ4n) is 3.08. The normalized spacial score (nSPS) is 11.0. The Labute approximate surface area is 167 Å². The number of nitrogens with zero attached hydrogens (tertiary/aromatic N) is 1. The van der Waals surface area contributed by atoms with Crippen molar-refractivity contribution in [1.82, 2.24) is 4.98 Å². The van der Waals surface area contributed by atoms with Gasteiger partial charge in [0.2, 0.25) is 0 Å². The summed E-state index contributed by atoms with van der Waals surface area (Å²) in [5.74, 6) is -0.217. The zero-order valence-electron chi connectivity index (χ0n) is 15.1. The number of rotatable bonds is 6. The third kappa shape index (κ3) is 4.34. The summed E-state index contributed by atoms with van der Waals surface area (Å²) in [6.07, 6.45) is 3.08. The summed E-state index contributed by atoms with van der Waals surface area (Å²) in [7, 11) is 0. The van der Waals surface area contributed by atoms with E-state index in [-0.39, 0.29) is 5.82 Å². The van der Waals surface area contributed by atoms with Crippen LogP contribution in [0.25, 0.3) is 21.0 Å². The zero-order valence-corrected chi connectivity index (χ0v) is 16.7. The average Bonchev–Trinajstić information content (AvgIpc) is 3.30. The molecule has 0 amide bonds. The molecule has 0 unspecified atom stereocenters. The molecule has 2 heterocycles. The van der Waals surface area contributed by atoms with Crippen LogP contribution in [0.1, 0.15) is 22.6 Å². The van der Waals surface area contributed by atoms with Gasteiger partial charge in [0.1, 0.15) is 5.82 Å². The van der Waals surface area contributed by atoms with Crippen LogP contribution in [-0.4, -0.2) is 4.98 Å². The third-order valence-corrected chi connectivity index (χ3v) is 6.79. The third-order valence-electron chi connectivity index (χ3n) is 4.44. The molecule has 0 fully saturated rings. The Bertz CT molecular complexity index is 1020. The fourth-order valence-corrected chi connectivity index (χ4v) is 5.23. The van der Waals surface area contributed by atoms with Crippen LogP contribution in [0.15, 0.2) is 66.0 Å². The first-order chi connectivity index (χ1) is 13.2. The smallest absolute Gasteiger partial charge is 0.123 e. The van der Waals surface area contributed by atoms with Gasteiger partial charge in [-0.3, -0.25) is 0 Å². The van der Waals surface area contributed by atoms with Crippen LogP contribution >= 0.6 is 22.7 Å².